The van der Waals surface area contributed by atoms with Crippen LogP contribution < -0.4 is 20.7 Å². The average molecular weight is 685 g/mol. The van der Waals surface area contributed by atoms with Gasteiger partial charge in [0.25, 0.3) is 0 Å². The van der Waals surface area contributed by atoms with Crippen LogP contribution in [0.4, 0.5) is 0 Å². The number of allylic oxidation sites excluding steroid dienone is 2. The van der Waals surface area contributed by atoms with E-state index in [-0.39, 0.29) is 31.6 Å². The zero-order valence-corrected chi connectivity index (χ0v) is 25.9. The van der Waals surface area contributed by atoms with Gasteiger partial charge in [0.1, 0.15) is 8.07 Å². The van der Waals surface area contributed by atoms with E-state index in [1.807, 2.05) is 0 Å². The van der Waals surface area contributed by atoms with Gasteiger partial charge in [0, 0.05) is 26.2 Å². The molecule has 3 aromatic carbocycles. The molecular formula is C30H30IrNO2Si2-. The summed E-state index contributed by atoms with van der Waals surface area (Å²) in [6.45, 7) is 12.8. The van der Waals surface area contributed by atoms with E-state index in [1.165, 1.54) is 52.9 Å². The van der Waals surface area contributed by atoms with Crippen molar-refractivity contribution in [3.63, 3.8) is 0 Å². The van der Waals surface area contributed by atoms with E-state index in [2.05, 4.69) is 92.9 Å². The predicted molar refractivity (Wildman–Crippen MR) is 152 cm³/mol. The molecule has 1 aromatic heterocycles. The fourth-order valence-corrected chi connectivity index (χ4v) is 11.9. The molecule has 185 valence electrons. The number of ketones is 1. The van der Waals surface area contributed by atoms with Crippen molar-refractivity contribution in [3.8, 4) is 22.4 Å². The van der Waals surface area contributed by atoms with Crippen molar-refractivity contribution in [2.24, 2.45) is 0 Å². The number of aliphatic hydroxyl groups excluding tert-OH is 1. The quantitative estimate of drug-likeness (QED) is 0.137. The Morgan fingerprint density at radius 1 is 0.861 bits per heavy atom. The molecule has 0 saturated carbocycles. The monoisotopic (exact) mass is 685 g/mol. The Morgan fingerprint density at radius 2 is 1.47 bits per heavy atom. The van der Waals surface area contributed by atoms with Crippen LogP contribution in [0.15, 0.2) is 72.5 Å². The van der Waals surface area contributed by atoms with Gasteiger partial charge in [-0.3, -0.25) is 9.78 Å². The van der Waals surface area contributed by atoms with Gasteiger partial charge in [0.2, 0.25) is 0 Å². The molecule has 0 bridgehead atoms. The maximum atomic E-state index is 10.0. The Bertz CT molecular complexity index is 1550. The summed E-state index contributed by atoms with van der Waals surface area (Å²) in [5.74, 6) is -0.0625. The van der Waals surface area contributed by atoms with Crippen LogP contribution in [0.2, 0.25) is 26.2 Å². The fraction of sp³-hybridized carbons (Fsp3) is 0.200. The first-order valence-electron chi connectivity index (χ1n) is 12.0. The second-order valence-electron chi connectivity index (χ2n) is 10.6. The summed E-state index contributed by atoms with van der Waals surface area (Å²) >= 11 is 0. The summed E-state index contributed by atoms with van der Waals surface area (Å²) in [4.78, 5) is 15.2. The van der Waals surface area contributed by atoms with Crippen LogP contribution in [-0.2, 0) is 24.9 Å². The van der Waals surface area contributed by atoms with E-state index in [1.54, 1.807) is 15.6 Å². The number of pyridine rings is 1. The molecule has 0 spiro atoms. The van der Waals surface area contributed by atoms with Crippen LogP contribution in [0.5, 0.6) is 0 Å². The van der Waals surface area contributed by atoms with Gasteiger partial charge < -0.3 is 5.11 Å². The number of hydrogen-bond acceptors (Lipinski definition) is 3. The van der Waals surface area contributed by atoms with Crippen molar-refractivity contribution < 1.29 is 30.0 Å². The number of carbonyl (C=O) groups is 1. The number of nitrogens with zero attached hydrogens (tertiary/aromatic N) is 1. The van der Waals surface area contributed by atoms with E-state index in [9.17, 15) is 4.79 Å². The number of rotatable bonds is 1. The Morgan fingerprint density at radius 3 is 2.08 bits per heavy atom. The zero-order valence-electron chi connectivity index (χ0n) is 21.5. The Hall–Kier alpha value is -2.64. The molecule has 0 amide bonds. The number of para-hydroxylation sites is 1. The van der Waals surface area contributed by atoms with Crippen molar-refractivity contribution in [2.45, 2.75) is 40.0 Å². The molecule has 1 N–H and O–H groups in total. The summed E-state index contributed by atoms with van der Waals surface area (Å²) in [5, 5.41) is 15.8. The average Bonchev–Trinajstić information content (AvgIpc) is 3.00. The Kier molecular flexibility index (Phi) is 6.86. The molecule has 0 aliphatic carbocycles. The molecule has 4 aromatic rings. The van der Waals surface area contributed by atoms with Crippen LogP contribution in [0.25, 0.3) is 33.3 Å². The number of carbonyl (C=O) groups excluding carboxylic acids is 1. The standard InChI is InChI=1S/C25H22NSi2.C5H8O2.Ir/c1-27(2)19-12-7-10-17-23(19)24-20(27)13-8-14-21(24)28(3,4)22-15-16-9-5-6-11-18(16)26-25(17)22;1-4(6)3-5(2)7;/h5-9,11-15H,1-4H3;3,6H,1-2H3;/q-1;;/b;4-3-;. The summed E-state index contributed by atoms with van der Waals surface area (Å²) in [6, 6.07) is 26.1. The van der Waals surface area contributed by atoms with Gasteiger partial charge in [-0.05, 0) is 31.0 Å². The summed E-state index contributed by atoms with van der Waals surface area (Å²) in [5.41, 5.74) is 6.44. The Balaban J connectivity index is 0.000000338. The molecule has 1 radical (unpaired) electrons. The molecule has 3 nitrogen and oxygen atoms in total. The van der Waals surface area contributed by atoms with E-state index >= 15 is 0 Å². The molecule has 3 heterocycles. The second-order valence-corrected chi connectivity index (χ2v) is 19.2. The van der Waals surface area contributed by atoms with Gasteiger partial charge in [-0.15, -0.1) is 28.9 Å². The third-order valence-corrected chi connectivity index (χ3v) is 14.4. The van der Waals surface area contributed by atoms with Gasteiger partial charge >= 0.3 is 0 Å². The number of aromatic nitrogens is 1. The molecular weight excluding hydrogens is 655 g/mol. The first kappa shape index (κ1) is 26.4. The summed E-state index contributed by atoms with van der Waals surface area (Å²) in [7, 11) is -3.61. The van der Waals surface area contributed by atoms with Crippen LogP contribution in [0, 0.1) is 6.07 Å². The Labute approximate surface area is 228 Å². The number of hydrogen-bond donors (Lipinski definition) is 1. The van der Waals surface area contributed by atoms with Crippen LogP contribution in [-0.4, -0.2) is 32.0 Å². The topological polar surface area (TPSA) is 50.2 Å². The normalized spacial score (nSPS) is 15.6. The van der Waals surface area contributed by atoms with E-state index in [4.69, 9.17) is 10.1 Å². The third kappa shape index (κ3) is 4.06. The van der Waals surface area contributed by atoms with Crippen molar-refractivity contribution in [2.75, 3.05) is 0 Å². The zero-order chi connectivity index (χ0) is 25.1. The van der Waals surface area contributed by atoms with Gasteiger partial charge in [-0.2, -0.15) is 0 Å². The molecule has 0 atom stereocenters. The molecule has 0 fully saturated rings. The molecule has 6 rings (SSSR count). The van der Waals surface area contributed by atoms with Crippen LogP contribution >= 0.6 is 0 Å². The third-order valence-electron chi connectivity index (χ3n) is 7.38. The second kappa shape index (κ2) is 9.35. The van der Waals surface area contributed by atoms with E-state index in [0.29, 0.717) is 0 Å². The molecule has 6 heteroatoms. The molecule has 0 saturated heterocycles. The van der Waals surface area contributed by atoms with Gasteiger partial charge in [0.05, 0.1) is 19.3 Å². The summed E-state index contributed by atoms with van der Waals surface area (Å²) in [6.07, 6.45) is 1.17. The predicted octanol–water partition coefficient (Wildman–Crippen LogP) is 4.68. The fourth-order valence-electron chi connectivity index (χ4n) is 5.70. The minimum absolute atomic E-state index is 0. The van der Waals surface area contributed by atoms with Crippen molar-refractivity contribution in [3.05, 3.63) is 78.6 Å². The van der Waals surface area contributed by atoms with E-state index < -0.39 is 16.1 Å². The maximum Gasteiger partial charge on any atom is 0.155 e. The molecule has 36 heavy (non-hydrogen) atoms. The van der Waals surface area contributed by atoms with Crippen LogP contribution in [0.1, 0.15) is 13.8 Å². The minimum atomic E-state index is -1.92. The van der Waals surface area contributed by atoms with Gasteiger partial charge in [-0.1, -0.05) is 95.3 Å². The number of fused-ring (bicyclic) bond motifs is 3. The van der Waals surface area contributed by atoms with Crippen molar-refractivity contribution in [1.82, 2.24) is 4.98 Å². The van der Waals surface area contributed by atoms with Crippen molar-refractivity contribution >= 4 is 53.6 Å². The number of benzene rings is 3. The smallest absolute Gasteiger partial charge is 0.155 e. The van der Waals surface area contributed by atoms with Gasteiger partial charge in [0.15, 0.2) is 5.78 Å². The SMILES string of the molecule is CC(=O)/C=C(/C)O.C[Si]1(C)c2cc3ccccc3nc2-c2[c-]ccc3c2-c2c1cccc2[Si]3(C)C.[Ir]. The van der Waals surface area contributed by atoms with E-state index in [0.717, 1.165) is 5.52 Å². The summed E-state index contributed by atoms with van der Waals surface area (Å²) < 4.78 is 0. The molecule has 0 unspecified atom stereocenters. The number of aliphatic hydroxyl groups is 1. The van der Waals surface area contributed by atoms with Crippen LogP contribution in [0.3, 0.4) is 0 Å². The minimum Gasteiger partial charge on any atom is -0.512 e. The van der Waals surface area contributed by atoms with Gasteiger partial charge in [-0.25, -0.2) is 0 Å². The molecule has 2 aliphatic rings. The molecule has 2 aliphatic heterocycles. The maximum absolute atomic E-state index is 10.0. The largest absolute Gasteiger partial charge is 0.512 e. The first-order chi connectivity index (χ1) is 16.5. The first-order valence-corrected chi connectivity index (χ1v) is 18.0. The van der Waals surface area contributed by atoms with Crippen molar-refractivity contribution in [1.29, 1.82) is 0 Å².